The zero-order chi connectivity index (χ0) is 10.8. The number of carbonyl (C=O) groups is 1. The lowest BCUT2D eigenvalue weighted by molar-refractivity contribution is 0.0697. The summed E-state index contributed by atoms with van der Waals surface area (Å²) in [5.74, 6) is -0.448. The summed E-state index contributed by atoms with van der Waals surface area (Å²) in [4.78, 5) is 18.3. The van der Waals surface area contributed by atoms with Gasteiger partial charge in [-0.05, 0) is 23.7 Å². The molecule has 2 aromatic rings. The Labute approximate surface area is 90.0 Å². The molecule has 76 valence electrons. The standard InChI is InChI=1S/C9H6ClN3O2/c10-9-11-3-1-7(12-9)13-4-2-6(5-13)8(14)15/h1-5H,(H,14,15). The van der Waals surface area contributed by atoms with E-state index in [1.807, 2.05) is 0 Å². The molecule has 0 radical (unpaired) electrons. The number of nitrogens with zero attached hydrogens (tertiary/aromatic N) is 3. The quantitative estimate of drug-likeness (QED) is 0.786. The molecular formula is C9H6ClN3O2. The molecular weight excluding hydrogens is 218 g/mol. The topological polar surface area (TPSA) is 68.0 Å². The molecule has 0 fully saturated rings. The first-order chi connectivity index (χ1) is 7.16. The zero-order valence-electron chi connectivity index (χ0n) is 7.46. The van der Waals surface area contributed by atoms with Crippen molar-refractivity contribution in [2.24, 2.45) is 0 Å². The van der Waals surface area contributed by atoms with Gasteiger partial charge >= 0.3 is 5.97 Å². The Kier molecular flexibility index (Phi) is 2.39. The second-order valence-electron chi connectivity index (χ2n) is 2.80. The molecule has 0 unspecified atom stereocenters. The van der Waals surface area contributed by atoms with Crippen molar-refractivity contribution in [1.82, 2.24) is 14.5 Å². The lowest BCUT2D eigenvalue weighted by Gasteiger charge is -1.99. The van der Waals surface area contributed by atoms with Crippen molar-refractivity contribution in [3.05, 3.63) is 41.6 Å². The molecule has 1 N–H and O–H groups in total. The van der Waals surface area contributed by atoms with Crippen LogP contribution in [0.1, 0.15) is 10.4 Å². The number of carboxylic acids is 1. The Morgan fingerprint density at radius 2 is 2.27 bits per heavy atom. The Bertz CT molecular complexity index is 510. The van der Waals surface area contributed by atoms with Gasteiger partial charge in [0.25, 0.3) is 0 Å². The fourth-order valence-corrected chi connectivity index (χ4v) is 1.28. The maximum atomic E-state index is 10.6. The number of aromatic nitrogens is 3. The van der Waals surface area contributed by atoms with E-state index in [9.17, 15) is 4.79 Å². The van der Waals surface area contributed by atoms with Crippen LogP contribution in [0.2, 0.25) is 5.28 Å². The Morgan fingerprint density at radius 1 is 1.47 bits per heavy atom. The average Bonchev–Trinajstić information content (AvgIpc) is 2.66. The molecule has 0 aliphatic heterocycles. The number of halogens is 1. The van der Waals surface area contributed by atoms with E-state index in [4.69, 9.17) is 16.7 Å². The lowest BCUT2D eigenvalue weighted by Crippen LogP contribution is -1.97. The summed E-state index contributed by atoms with van der Waals surface area (Å²) in [6.07, 6.45) is 4.56. The molecule has 0 saturated heterocycles. The molecule has 6 heteroatoms. The van der Waals surface area contributed by atoms with Crippen LogP contribution in [0.3, 0.4) is 0 Å². The van der Waals surface area contributed by atoms with Crippen LogP contribution in [0.5, 0.6) is 0 Å². The van der Waals surface area contributed by atoms with Crippen LogP contribution in [-0.4, -0.2) is 25.6 Å². The summed E-state index contributed by atoms with van der Waals surface area (Å²) in [6, 6.07) is 3.12. The van der Waals surface area contributed by atoms with Gasteiger partial charge < -0.3 is 9.67 Å². The van der Waals surface area contributed by atoms with Gasteiger partial charge in [-0.3, -0.25) is 0 Å². The van der Waals surface area contributed by atoms with E-state index < -0.39 is 5.97 Å². The van der Waals surface area contributed by atoms with Crippen LogP contribution in [0.15, 0.2) is 30.7 Å². The lowest BCUT2D eigenvalue weighted by atomic mass is 10.4. The summed E-state index contributed by atoms with van der Waals surface area (Å²) >= 11 is 5.61. The van der Waals surface area contributed by atoms with Crippen LogP contribution in [0.25, 0.3) is 5.82 Å². The molecule has 0 bridgehead atoms. The molecule has 0 spiro atoms. The highest BCUT2D eigenvalue weighted by Crippen LogP contribution is 2.09. The number of aromatic carboxylic acids is 1. The van der Waals surface area contributed by atoms with E-state index in [2.05, 4.69) is 9.97 Å². The van der Waals surface area contributed by atoms with Gasteiger partial charge in [0.1, 0.15) is 5.82 Å². The predicted molar refractivity (Wildman–Crippen MR) is 53.3 cm³/mol. The molecule has 0 aliphatic carbocycles. The van der Waals surface area contributed by atoms with Crippen LogP contribution < -0.4 is 0 Å². The molecule has 0 aromatic carbocycles. The summed E-state index contributed by atoms with van der Waals surface area (Å²) in [7, 11) is 0. The van der Waals surface area contributed by atoms with Gasteiger partial charge in [-0.1, -0.05) is 0 Å². The largest absolute Gasteiger partial charge is 0.478 e. The van der Waals surface area contributed by atoms with Crippen LogP contribution in [0, 0.1) is 0 Å². The molecule has 2 aromatic heterocycles. The molecule has 2 rings (SSSR count). The molecule has 15 heavy (non-hydrogen) atoms. The van der Waals surface area contributed by atoms with Crippen LogP contribution in [-0.2, 0) is 0 Å². The summed E-state index contributed by atoms with van der Waals surface area (Å²) < 4.78 is 1.57. The van der Waals surface area contributed by atoms with Gasteiger partial charge in [0.05, 0.1) is 5.56 Å². The highest BCUT2D eigenvalue weighted by molar-refractivity contribution is 6.28. The van der Waals surface area contributed by atoms with E-state index in [1.165, 1.54) is 18.5 Å². The fourth-order valence-electron chi connectivity index (χ4n) is 1.14. The van der Waals surface area contributed by atoms with E-state index in [1.54, 1.807) is 16.8 Å². The molecule has 2 heterocycles. The first-order valence-corrected chi connectivity index (χ1v) is 4.45. The smallest absolute Gasteiger partial charge is 0.337 e. The minimum absolute atomic E-state index is 0.123. The maximum Gasteiger partial charge on any atom is 0.337 e. The monoisotopic (exact) mass is 223 g/mol. The minimum Gasteiger partial charge on any atom is -0.478 e. The first-order valence-electron chi connectivity index (χ1n) is 4.07. The SMILES string of the molecule is O=C(O)c1ccn(-c2ccnc(Cl)n2)c1. The van der Waals surface area contributed by atoms with E-state index in [0.29, 0.717) is 5.82 Å². The van der Waals surface area contributed by atoms with Crippen molar-refractivity contribution in [2.45, 2.75) is 0 Å². The first kappa shape index (κ1) is 9.67. The predicted octanol–water partition coefficient (Wildman–Crippen LogP) is 1.62. The number of carboxylic acid groups (broad SMARTS) is 1. The third kappa shape index (κ3) is 1.97. The average molecular weight is 224 g/mol. The van der Waals surface area contributed by atoms with Crippen molar-refractivity contribution >= 4 is 17.6 Å². The van der Waals surface area contributed by atoms with E-state index in [0.717, 1.165) is 0 Å². The molecule has 5 nitrogen and oxygen atoms in total. The molecule has 0 saturated carbocycles. The summed E-state index contributed by atoms with van der Waals surface area (Å²) in [5, 5.41) is 8.85. The normalized spacial score (nSPS) is 10.2. The maximum absolute atomic E-state index is 10.6. The van der Waals surface area contributed by atoms with Crippen LogP contribution in [0.4, 0.5) is 0 Å². The van der Waals surface area contributed by atoms with Gasteiger partial charge in [-0.15, -0.1) is 0 Å². The van der Waals surface area contributed by atoms with E-state index >= 15 is 0 Å². The second kappa shape index (κ2) is 3.70. The van der Waals surface area contributed by atoms with Gasteiger partial charge in [0.15, 0.2) is 0 Å². The van der Waals surface area contributed by atoms with Crippen molar-refractivity contribution in [3.8, 4) is 5.82 Å². The third-order valence-electron chi connectivity index (χ3n) is 1.82. The molecule has 0 aliphatic rings. The second-order valence-corrected chi connectivity index (χ2v) is 3.13. The van der Waals surface area contributed by atoms with Gasteiger partial charge in [0.2, 0.25) is 5.28 Å². The van der Waals surface area contributed by atoms with Crippen molar-refractivity contribution in [2.75, 3.05) is 0 Å². The van der Waals surface area contributed by atoms with Gasteiger partial charge in [-0.2, -0.15) is 4.98 Å². The highest BCUT2D eigenvalue weighted by Gasteiger charge is 2.06. The molecule has 0 atom stereocenters. The summed E-state index contributed by atoms with van der Waals surface area (Å²) in [6.45, 7) is 0. The Balaban J connectivity index is 2.41. The fraction of sp³-hybridized carbons (Fsp3) is 0. The number of rotatable bonds is 2. The zero-order valence-corrected chi connectivity index (χ0v) is 8.22. The number of hydrogen-bond donors (Lipinski definition) is 1. The van der Waals surface area contributed by atoms with Crippen molar-refractivity contribution in [3.63, 3.8) is 0 Å². The molecule has 0 amide bonds. The van der Waals surface area contributed by atoms with Crippen LogP contribution >= 0.6 is 11.6 Å². The minimum atomic E-state index is -0.978. The van der Waals surface area contributed by atoms with Gasteiger partial charge in [-0.25, -0.2) is 9.78 Å². The van der Waals surface area contributed by atoms with Crippen molar-refractivity contribution < 1.29 is 9.90 Å². The summed E-state index contributed by atoms with van der Waals surface area (Å²) in [5.41, 5.74) is 0.199. The van der Waals surface area contributed by atoms with Crippen molar-refractivity contribution in [1.29, 1.82) is 0 Å². The Hall–Kier alpha value is -1.88. The van der Waals surface area contributed by atoms with E-state index in [-0.39, 0.29) is 10.8 Å². The highest BCUT2D eigenvalue weighted by atomic mass is 35.5. The van der Waals surface area contributed by atoms with Gasteiger partial charge in [0, 0.05) is 18.6 Å². The Morgan fingerprint density at radius 3 is 2.87 bits per heavy atom. The number of hydrogen-bond acceptors (Lipinski definition) is 3. The third-order valence-corrected chi connectivity index (χ3v) is 2.00.